The highest BCUT2D eigenvalue weighted by atomic mass is 35.5. The smallest absolute Gasteiger partial charge is 0.223 e. The molecule has 1 aliphatic rings. The molecule has 25 heavy (non-hydrogen) atoms. The van der Waals surface area contributed by atoms with Crippen LogP contribution in [0.2, 0.25) is 0 Å². The minimum atomic E-state index is 0. The van der Waals surface area contributed by atoms with E-state index in [4.69, 9.17) is 5.73 Å². The summed E-state index contributed by atoms with van der Waals surface area (Å²) in [4.78, 5) is 14.8. The Balaban J connectivity index is 0.00000288. The predicted octanol–water partition coefficient (Wildman–Crippen LogP) is 3.36. The summed E-state index contributed by atoms with van der Waals surface area (Å²) in [6.45, 7) is 8.67. The molecule has 1 fully saturated rings. The van der Waals surface area contributed by atoms with Crippen LogP contribution in [0, 0.1) is 11.8 Å². The fraction of sp³-hybridized carbons (Fsp3) is 0.632. The first-order chi connectivity index (χ1) is 11.2. The lowest BCUT2D eigenvalue weighted by molar-refractivity contribution is -0.126. The third-order valence-electron chi connectivity index (χ3n) is 5.06. The number of halogens is 2. The highest BCUT2D eigenvalue weighted by molar-refractivity contribution is 5.85. The van der Waals surface area contributed by atoms with Crippen molar-refractivity contribution >= 4 is 30.7 Å². The molecule has 1 aliphatic carbocycles. The van der Waals surface area contributed by atoms with Crippen molar-refractivity contribution < 1.29 is 4.79 Å². The molecule has 1 amide bonds. The summed E-state index contributed by atoms with van der Waals surface area (Å²) >= 11 is 0. The molecule has 1 aromatic carbocycles. The highest BCUT2D eigenvalue weighted by Crippen LogP contribution is 2.30. The lowest BCUT2D eigenvalue weighted by Gasteiger charge is -2.19. The Labute approximate surface area is 164 Å². The van der Waals surface area contributed by atoms with Crippen molar-refractivity contribution in [1.29, 1.82) is 0 Å². The number of hydrogen-bond donors (Lipinski definition) is 2. The van der Waals surface area contributed by atoms with Gasteiger partial charge in [-0.25, -0.2) is 0 Å². The number of carbonyl (C=O) groups excluding carboxylic acids is 1. The second kappa shape index (κ2) is 12.5. The number of amides is 1. The summed E-state index contributed by atoms with van der Waals surface area (Å²) in [6.07, 6.45) is 3.20. The van der Waals surface area contributed by atoms with Gasteiger partial charge >= 0.3 is 0 Å². The Kier molecular flexibility index (Phi) is 12.1. The summed E-state index contributed by atoms with van der Waals surface area (Å²) in [5.41, 5.74) is 8.26. The summed E-state index contributed by atoms with van der Waals surface area (Å²) < 4.78 is 0. The second-order valence-electron chi connectivity index (χ2n) is 6.53. The molecule has 2 atom stereocenters. The van der Waals surface area contributed by atoms with Crippen LogP contribution in [-0.4, -0.2) is 30.4 Å². The molecule has 0 bridgehead atoms. The number of nitrogens with one attached hydrogen (secondary N) is 1. The molecule has 0 heterocycles. The van der Waals surface area contributed by atoms with Crippen LogP contribution in [0.1, 0.15) is 44.2 Å². The Morgan fingerprint density at radius 2 is 1.88 bits per heavy atom. The van der Waals surface area contributed by atoms with Crippen LogP contribution in [0.25, 0.3) is 0 Å². The zero-order valence-corrected chi connectivity index (χ0v) is 17.0. The molecule has 1 saturated carbocycles. The molecular weight excluding hydrogens is 357 g/mol. The van der Waals surface area contributed by atoms with Gasteiger partial charge in [0.2, 0.25) is 5.91 Å². The van der Waals surface area contributed by atoms with Crippen molar-refractivity contribution in [2.75, 3.05) is 19.6 Å². The van der Waals surface area contributed by atoms with E-state index in [1.807, 2.05) is 0 Å². The average Bonchev–Trinajstić information content (AvgIpc) is 3.06. The summed E-state index contributed by atoms with van der Waals surface area (Å²) in [6, 6.07) is 8.53. The number of nitrogens with two attached hydrogens (primary N) is 1. The van der Waals surface area contributed by atoms with Gasteiger partial charge in [-0.05, 0) is 49.5 Å². The standard InChI is InChI=1S/C19H31N3O.2ClH/c1-3-22(4-2)14-16-8-5-7-15(11-16)13-21-19(23)18-10-6-9-17(18)12-20;;/h5,7-8,11,17-18H,3-4,6,9-10,12-14,20H2,1-2H3,(H,21,23);2*1H/t17-,18-;;/m1../s1. The van der Waals surface area contributed by atoms with Crippen molar-refractivity contribution in [2.45, 2.75) is 46.2 Å². The predicted molar refractivity (Wildman–Crippen MR) is 109 cm³/mol. The Hall–Kier alpha value is -0.810. The van der Waals surface area contributed by atoms with Gasteiger partial charge in [-0.2, -0.15) is 0 Å². The monoisotopic (exact) mass is 389 g/mol. The molecule has 0 unspecified atom stereocenters. The van der Waals surface area contributed by atoms with Gasteiger partial charge < -0.3 is 11.1 Å². The van der Waals surface area contributed by atoms with E-state index in [-0.39, 0.29) is 36.6 Å². The van der Waals surface area contributed by atoms with Gasteiger partial charge in [-0.1, -0.05) is 44.5 Å². The fourth-order valence-electron chi connectivity index (χ4n) is 3.53. The van der Waals surface area contributed by atoms with Crippen LogP contribution in [0.5, 0.6) is 0 Å². The number of nitrogens with zero attached hydrogens (tertiary/aromatic N) is 1. The topological polar surface area (TPSA) is 58.4 Å². The molecule has 3 N–H and O–H groups in total. The van der Waals surface area contributed by atoms with Crippen LogP contribution in [0.3, 0.4) is 0 Å². The Morgan fingerprint density at radius 3 is 2.52 bits per heavy atom. The number of carbonyl (C=O) groups is 1. The maximum absolute atomic E-state index is 12.4. The normalized spacial score (nSPS) is 19.2. The fourth-order valence-corrected chi connectivity index (χ4v) is 3.53. The molecular formula is C19H33Cl2N3O. The molecule has 0 aromatic heterocycles. The van der Waals surface area contributed by atoms with Crippen molar-refractivity contribution in [3.63, 3.8) is 0 Å². The van der Waals surface area contributed by atoms with E-state index in [0.29, 0.717) is 19.0 Å². The van der Waals surface area contributed by atoms with Gasteiger partial charge in [-0.3, -0.25) is 9.69 Å². The minimum Gasteiger partial charge on any atom is -0.352 e. The molecule has 6 heteroatoms. The minimum absolute atomic E-state index is 0. The van der Waals surface area contributed by atoms with E-state index in [2.05, 4.69) is 48.3 Å². The first-order valence-electron chi connectivity index (χ1n) is 8.95. The van der Waals surface area contributed by atoms with Gasteiger partial charge in [0.1, 0.15) is 0 Å². The van der Waals surface area contributed by atoms with Gasteiger partial charge in [-0.15, -0.1) is 24.8 Å². The first-order valence-corrected chi connectivity index (χ1v) is 8.95. The van der Waals surface area contributed by atoms with E-state index in [9.17, 15) is 4.79 Å². The van der Waals surface area contributed by atoms with Crippen LogP contribution in [0.4, 0.5) is 0 Å². The maximum atomic E-state index is 12.4. The SMILES string of the molecule is CCN(CC)Cc1cccc(CNC(=O)[C@@H]2CCC[C@@H]2CN)c1.Cl.Cl. The molecule has 0 saturated heterocycles. The van der Waals surface area contributed by atoms with Crippen molar-refractivity contribution in [2.24, 2.45) is 17.6 Å². The zero-order chi connectivity index (χ0) is 16.7. The van der Waals surface area contributed by atoms with Crippen molar-refractivity contribution in [3.05, 3.63) is 35.4 Å². The summed E-state index contributed by atoms with van der Waals surface area (Å²) in [5, 5.41) is 3.11. The third kappa shape index (κ3) is 7.14. The number of hydrogen-bond acceptors (Lipinski definition) is 3. The van der Waals surface area contributed by atoms with Gasteiger partial charge in [0.15, 0.2) is 0 Å². The summed E-state index contributed by atoms with van der Waals surface area (Å²) in [5.74, 6) is 0.648. The van der Waals surface area contributed by atoms with Gasteiger partial charge in [0.05, 0.1) is 0 Å². The van der Waals surface area contributed by atoms with E-state index < -0.39 is 0 Å². The zero-order valence-electron chi connectivity index (χ0n) is 15.4. The summed E-state index contributed by atoms with van der Waals surface area (Å²) in [7, 11) is 0. The quantitative estimate of drug-likeness (QED) is 0.716. The lowest BCUT2D eigenvalue weighted by atomic mass is 9.95. The van der Waals surface area contributed by atoms with E-state index >= 15 is 0 Å². The largest absolute Gasteiger partial charge is 0.352 e. The Morgan fingerprint density at radius 1 is 1.20 bits per heavy atom. The average molecular weight is 390 g/mol. The molecule has 144 valence electrons. The van der Waals surface area contributed by atoms with Crippen LogP contribution in [0.15, 0.2) is 24.3 Å². The second-order valence-corrected chi connectivity index (χ2v) is 6.53. The molecule has 0 radical (unpaired) electrons. The highest BCUT2D eigenvalue weighted by Gasteiger charge is 2.31. The number of rotatable bonds is 8. The Bertz CT molecular complexity index is 509. The van der Waals surface area contributed by atoms with Gasteiger partial charge in [0.25, 0.3) is 0 Å². The molecule has 0 spiro atoms. The first kappa shape index (κ1) is 24.2. The van der Waals surface area contributed by atoms with Gasteiger partial charge in [0, 0.05) is 19.0 Å². The van der Waals surface area contributed by atoms with E-state index in [1.54, 1.807) is 0 Å². The number of benzene rings is 1. The van der Waals surface area contributed by atoms with E-state index in [0.717, 1.165) is 38.9 Å². The van der Waals surface area contributed by atoms with Crippen molar-refractivity contribution in [1.82, 2.24) is 10.2 Å². The molecule has 0 aliphatic heterocycles. The van der Waals surface area contributed by atoms with Crippen molar-refractivity contribution in [3.8, 4) is 0 Å². The van der Waals surface area contributed by atoms with E-state index in [1.165, 1.54) is 11.1 Å². The maximum Gasteiger partial charge on any atom is 0.223 e. The molecule has 2 rings (SSSR count). The molecule has 4 nitrogen and oxygen atoms in total. The lowest BCUT2D eigenvalue weighted by Crippen LogP contribution is -2.34. The van der Waals surface area contributed by atoms with Crippen LogP contribution < -0.4 is 11.1 Å². The third-order valence-corrected chi connectivity index (χ3v) is 5.06. The molecule has 1 aromatic rings. The van der Waals surface area contributed by atoms with Crippen LogP contribution >= 0.6 is 24.8 Å². The van der Waals surface area contributed by atoms with Crippen LogP contribution in [-0.2, 0) is 17.9 Å².